The van der Waals surface area contributed by atoms with Crippen molar-refractivity contribution < 1.29 is 0 Å². The predicted molar refractivity (Wildman–Crippen MR) is 74.8 cm³/mol. The van der Waals surface area contributed by atoms with Crippen LogP contribution in [0.1, 0.15) is 58.8 Å². The zero-order valence-corrected chi connectivity index (χ0v) is 11.5. The van der Waals surface area contributed by atoms with E-state index < -0.39 is 0 Å². The molecule has 1 fully saturated rings. The van der Waals surface area contributed by atoms with Gasteiger partial charge in [0.2, 0.25) is 0 Å². The fourth-order valence-corrected chi connectivity index (χ4v) is 2.86. The maximum Gasteiger partial charge on any atom is 0.0329 e. The molecule has 1 saturated heterocycles. The highest BCUT2D eigenvalue weighted by Crippen LogP contribution is 2.28. The van der Waals surface area contributed by atoms with Crippen LogP contribution in [0.2, 0.25) is 0 Å². The highest BCUT2D eigenvalue weighted by molar-refractivity contribution is 4.96. The van der Waals surface area contributed by atoms with Crippen LogP contribution < -0.4 is 5.73 Å². The Kier molecular flexibility index (Phi) is 6.02. The Hall–Kier alpha value is -0.520. The number of piperidine rings is 1. The van der Waals surface area contributed by atoms with E-state index in [9.17, 15) is 0 Å². The number of hydrogen-bond donors (Lipinski definition) is 1. The molecule has 1 rings (SSSR count). The summed E-state index contributed by atoms with van der Waals surface area (Å²) in [6, 6.07) is 0.249. The second-order valence-corrected chi connectivity index (χ2v) is 5.46. The Morgan fingerprint density at radius 3 is 2.53 bits per heavy atom. The molecule has 0 saturated carbocycles. The number of hydrogen-bond acceptors (Lipinski definition) is 2. The van der Waals surface area contributed by atoms with Crippen molar-refractivity contribution in [2.24, 2.45) is 5.73 Å². The Balaban J connectivity index is 2.55. The first-order valence-corrected chi connectivity index (χ1v) is 7.09. The molecule has 0 radical (unpaired) electrons. The van der Waals surface area contributed by atoms with Crippen molar-refractivity contribution >= 4 is 0 Å². The summed E-state index contributed by atoms with van der Waals surface area (Å²) in [7, 11) is 0. The fraction of sp³-hybridized carbons (Fsp3) is 0.867. The van der Waals surface area contributed by atoms with E-state index in [1.807, 2.05) is 0 Å². The topological polar surface area (TPSA) is 29.3 Å². The first-order chi connectivity index (χ1) is 8.15. The number of likely N-dealkylation sites (tertiary alicyclic amines) is 1. The predicted octanol–water partition coefficient (Wildman–Crippen LogP) is 2.77. The lowest BCUT2D eigenvalue weighted by molar-refractivity contribution is 0.0517. The third-order valence-corrected chi connectivity index (χ3v) is 4.43. The molecule has 2 nitrogen and oxygen atoms in total. The number of unbranched alkanes of at least 4 members (excludes halogenated alkanes) is 1. The summed E-state index contributed by atoms with van der Waals surface area (Å²) in [5, 5.41) is 0. The number of terminal acetylenes is 1. The van der Waals surface area contributed by atoms with Crippen molar-refractivity contribution in [2.45, 2.75) is 70.4 Å². The van der Waals surface area contributed by atoms with Crippen molar-refractivity contribution in [3.63, 3.8) is 0 Å². The summed E-state index contributed by atoms with van der Waals surface area (Å²) in [5.41, 5.74) is 6.59. The van der Waals surface area contributed by atoms with Crippen LogP contribution in [0.15, 0.2) is 0 Å². The first-order valence-electron chi connectivity index (χ1n) is 7.09. The third-order valence-electron chi connectivity index (χ3n) is 4.43. The Morgan fingerprint density at radius 2 is 2.00 bits per heavy atom. The molecule has 0 aliphatic carbocycles. The van der Waals surface area contributed by atoms with Gasteiger partial charge in [0, 0.05) is 18.0 Å². The normalized spacial score (nSPS) is 22.7. The minimum absolute atomic E-state index is 0.162. The van der Waals surface area contributed by atoms with Gasteiger partial charge in [-0.2, -0.15) is 0 Å². The monoisotopic (exact) mass is 236 g/mol. The van der Waals surface area contributed by atoms with Crippen molar-refractivity contribution in [1.29, 1.82) is 0 Å². The van der Waals surface area contributed by atoms with Gasteiger partial charge in [0.05, 0.1) is 0 Å². The van der Waals surface area contributed by atoms with E-state index in [1.54, 1.807) is 0 Å². The van der Waals surface area contributed by atoms with E-state index in [1.165, 1.54) is 32.4 Å². The number of nitrogens with two attached hydrogens (primary N) is 1. The molecule has 98 valence electrons. The summed E-state index contributed by atoms with van der Waals surface area (Å²) >= 11 is 0. The molecule has 0 aromatic heterocycles. The standard InChI is InChI=1S/C15H28N2/c1-4-6-8-11-14(16)15(3,5-2)17-12-9-7-10-13-17/h1,14H,5-13,16H2,2-3H3. The molecule has 0 aromatic rings. The van der Waals surface area contributed by atoms with Crippen LogP contribution in [0.3, 0.4) is 0 Å². The van der Waals surface area contributed by atoms with Crippen LogP contribution in [-0.4, -0.2) is 29.6 Å². The van der Waals surface area contributed by atoms with Gasteiger partial charge < -0.3 is 5.73 Å². The molecule has 2 atom stereocenters. The van der Waals surface area contributed by atoms with Gasteiger partial charge in [0.1, 0.15) is 0 Å². The van der Waals surface area contributed by atoms with Gasteiger partial charge in [-0.15, -0.1) is 12.3 Å². The van der Waals surface area contributed by atoms with Crippen LogP contribution >= 0.6 is 0 Å². The molecule has 0 spiro atoms. The summed E-state index contributed by atoms with van der Waals surface area (Å²) in [6.45, 7) is 7.02. The largest absolute Gasteiger partial charge is 0.326 e. The maximum absolute atomic E-state index is 6.42. The second-order valence-electron chi connectivity index (χ2n) is 5.46. The van der Waals surface area contributed by atoms with E-state index >= 15 is 0 Å². The zero-order chi connectivity index (χ0) is 12.7. The quantitative estimate of drug-likeness (QED) is 0.567. The minimum atomic E-state index is 0.162. The molecule has 0 amide bonds. The summed E-state index contributed by atoms with van der Waals surface area (Å²) in [6.07, 6.45) is 13.4. The number of nitrogens with zero attached hydrogens (tertiary/aromatic N) is 1. The van der Waals surface area contributed by atoms with Crippen molar-refractivity contribution in [1.82, 2.24) is 4.90 Å². The highest BCUT2D eigenvalue weighted by atomic mass is 15.2. The molecule has 17 heavy (non-hydrogen) atoms. The molecule has 1 aliphatic heterocycles. The Morgan fingerprint density at radius 1 is 1.35 bits per heavy atom. The van der Waals surface area contributed by atoms with E-state index in [0.29, 0.717) is 0 Å². The Bertz CT molecular complexity index is 250. The third kappa shape index (κ3) is 3.72. The molecule has 2 heteroatoms. The SMILES string of the molecule is C#CCCCC(N)C(C)(CC)N1CCCCC1. The molecule has 2 N–H and O–H groups in total. The molecule has 0 aromatic carbocycles. The van der Waals surface area contributed by atoms with Gasteiger partial charge in [-0.3, -0.25) is 4.90 Å². The van der Waals surface area contributed by atoms with Crippen LogP contribution in [-0.2, 0) is 0 Å². The fourth-order valence-electron chi connectivity index (χ4n) is 2.86. The maximum atomic E-state index is 6.42. The van der Waals surface area contributed by atoms with Crippen molar-refractivity contribution in [2.75, 3.05) is 13.1 Å². The molecule has 0 bridgehead atoms. The Labute approximate surface area is 107 Å². The number of rotatable bonds is 6. The van der Waals surface area contributed by atoms with Crippen LogP contribution in [0.4, 0.5) is 0 Å². The molecule has 1 heterocycles. The summed E-state index contributed by atoms with van der Waals surface area (Å²) < 4.78 is 0. The second kappa shape index (κ2) is 7.03. The average molecular weight is 236 g/mol. The molecule has 1 aliphatic rings. The van der Waals surface area contributed by atoms with Crippen LogP contribution in [0, 0.1) is 12.3 Å². The van der Waals surface area contributed by atoms with Gasteiger partial charge in [-0.25, -0.2) is 0 Å². The zero-order valence-electron chi connectivity index (χ0n) is 11.5. The average Bonchev–Trinajstić information content (AvgIpc) is 2.39. The van der Waals surface area contributed by atoms with Gasteiger partial charge in [0.25, 0.3) is 0 Å². The van der Waals surface area contributed by atoms with Gasteiger partial charge in [-0.1, -0.05) is 13.3 Å². The lowest BCUT2D eigenvalue weighted by Crippen LogP contribution is -2.59. The lowest BCUT2D eigenvalue weighted by Gasteiger charge is -2.47. The summed E-state index contributed by atoms with van der Waals surface area (Å²) in [4.78, 5) is 2.61. The van der Waals surface area contributed by atoms with Crippen molar-refractivity contribution in [3.8, 4) is 12.3 Å². The smallest absolute Gasteiger partial charge is 0.0329 e. The van der Waals surface area contributed by atoms with E-state index in [4.69, 9.17) is 12.2 Å². The van der Waals surface area contributed by atoms with Crippen LogP contribution in [0.25, 0.3) is 0 Å². The first kappa shape index (κ1) is 14.5. The van der Waals surface area contributed by atoms with Gasteiger partial charge in [0.15, 0.2) is 0 Å². The van der Waals surface area contributed by atoms with Gasteiger partial charge >= 0.3 is 0 Å². The molecule has 2 unspecified atom stereocenters. The van der Waals surface area contributed by atoms with Crippen molar-refractivity contribution in [3.05, 3.63) is 0 Å². The van der Waals surface area contributed by atoms with Crippen LogP contribution in [0.5, 0.6) is 0 Å². The summed E-state index contributed by atoms with van der Waals surface area (Å²) in [5.74, 6) is 2.70. The highest BCUT2D eigenvalue weighted by Gasteiger charge is 2.36. The van der Waals surface area contributed by atoms with E-state index in [0.717, 1.165) is 25.7 Å². The van der Waals surface area contributed by atoms with Gasteiger partial charge in [-0.05, 0) is 52.1 Å². The van der Waals surface area contributed by atoms with E-state index in [-0.39, 0.29) is 11.6 Å². The molecular formula is C15H28N2. The van der Waals surface area contributed by atoms with E-state index in [2.05, 4.69) is 24.7 Å². The lowest BCUT2D eigenvalue weighted by atomic mass is 9.83. The molecular weight excluding hydrogens is 208 g/mol. The minimum Gasteiger partial charge on any atom is -0.326 e.